The molecule has 1 aromatic rings. The molecule has 0 bridgehead atoms. The Kier molecular flexibility index (Phi) is 5.18. The zero-order valence-corrected chi connectivity index (χ0v) is 10.3. The fraction of sp³-hybridized carbons (Fsp3) is 0.385. The van der Waals surface area contributed by atoms with E-state index in [4.69, 9.17) is 22.1 Å². The van der Waals surface area contributed by atoms with Gasteiger partial charge in [0.2, 0.25) is 0 Å². The molecule has 0 aromatic heterocycles. The molecule has 0 radical (unpaired) electrons. The first-order valence-electron chi connectivity index (χ1n) is 5.22. The van der Waals surface area contributed by atoms with Crippen LogP contribution in [0.5, 0.6) is 5.75 Å². The van der Waals surface area contributed by atoms with E-state index in [0.717, 1.165) is 17.7 Å². The van der Waals surface area contributed by atoms with Crippen LogP contribution in [0.1, 0.15) is 31.9 Å². The van der Waals surface area contributed by atoms with Crippen molar-refractivity contribution < 1.29 is 4.74 Å². The first-order chi connectivity index (χ1) is 7.65. The van der Waals surface area contributed by atoms with Gasteiger partial charge in [0, 0.05) is 23.0 Å². The van der Waals surface area contributed by atoms with Gasteiger partial charge < -0.3 is 10.5 Å². The zero-order valence-electron chi connectivity index (χ0n) is 9.59. The molecule has 0 aliphatic rings. The van der Waals surface area contributed by atoms with E-state index in [1.165, 1.54) is 0 Å². The fourth-order valence-electron chi connectivity index (χ4n) is 1.34. The molecule has 16 heavy (non-hydrogen) atoms. The van der Waals surface area contributed by atoms with E-state index >= 15 is 0 Å². The van der Waals surface area contributed by atoms with Gasteiger partial charge in [0.15, 0.2) is 0 Å². The SMILES string of the molecule is CC#CCCOc1ccc(Cl)cc1[C@@H](C)N. The van der Waals surface area contributed by atoms with Crippen molar-refractivity contribution in [2.45, 2.75) is 26.3 Å². The van der Waals surface area contributed by atoms with Crippen LogP contribution in [0, 0.1) is 11.8 Å². The Morgan fingerprint density at radius 3 is 2.88 bits per heavy atom. The third-order valence-electron chi connectivity index (χ3n) is 2.12. The molecule has 0 saturated heterocycles. The van der Waals surface area contributed by atoms with E-state index in [2.05, 4.69) is 11.8 Å². The number of rotatable bonds is 4. The molecule has 0 unspecified atom stereocenters. The summed E-state index contributed by atoms with van der Waals surface area (Å²) in [7, 11) is 0. The summed E-state index contributed by atoms with van der Waals surface area (Å²) < 4.78 is 5.61. The van der Waals surface area contributed by atoms with Gasteiger partial charge >= 0.3 is 0 Å². The highest BCUT2D eigenvalue weighted by molar-refractivity contribution is 6.30. The summed E-state index contributed by atoms with van der Waals surface area (Å²) >= 11 is 5.91. The van der Waals surface area contributed by atoms with Crippen molar-refractivity contribution in [1.29, 1.82) is 0 Å². The van der Waals surface area contributed by atoms with Gasteiger partial charge in [0.1, 0.15) is 5.75 Å². The van der Waals surface area contributed by atoms with Gasteiger partial charge in [-0.3, -0.25) is 0 Å². The molecule has 2 N–H and O–H groups in total. The lowest BCUT2D eigenvalue weighted by atomic mass is 10.1. The maximum absolute atomic E-state index is 5.91. The van der Waals surface area contributed by atoms with Crippen LogP contribution in [0.4, 0.5) is 0 Å². The van der Waals surface area contributed by atoms with Crippen molar-refractivity contribution in [3.8, 4) is 17.6 Å². The molecule has 0 aliphatic carbocycles. The number of hydrogen-bond acceptors (Lipinski definition) is 2. The predicted molar refractivity (Wildman–Crippen MR) is 67.6 cm³/mol. The Bertz CT molecular complexity index is 404. The Balaban J connectivity index is 2.73. The summed E-state index contributed by atoms with van der Waals surface area (Å²) in [6, 6.07) is 5.40. The molecule has 1 atom stereocenters. The summed E-state index contributed by atoms with van der Waals surface area (Å²) in [6.07, 6.45) is 0.720. The van der Waals surface area contributed by atoms with Gasteiger partial charge in [-0.2, -0.15) is 0 Å². The molecule has 0 heterocycles. The predicted octanol–water partition coefficient (Wildman–Crippen LogP) is 3.15. The second-order valence-electron chi connectivity index (χ2n) is 3.50. The summed E-state index contributed by atoms with van der Waals surface area (Å²) in [6.45, 7) is 4.29. The molecule has 0 aliphatic heterocycles. The van der Waals surface area contributed by atoms with Crippen molar-refractivity contribution in [2.75, 3.05) is 6.61 Å². The van der Waals surface area contributed by atoms with Gasteiger partial charge in [-0.25, -0.2) is 0 Å². The van der Waals surface area contributed by atoms with Gasteiger partial charge in [-0.15, -0.1) is 11.8 Å². The second kappa shape index (κ2) is 6.42. The summed E-state index contributed by atoms with van der Waals surface area (Å²) in [5.41, 5.74) is 6.77. The summed E-state index contributed by atoms with van der Waals surface area (Å²) in [4.78, 5) is 0. The van der Waals surface area contributed by atoms with E-state index in [0.29, 0.717) is 11.6 Å². The maximum Gasteiger partial charge on any atom is 0.124 e. The van der Waals surface area contributed by atoms with E-state index in [9.17, 15) is 0 Å². The number of hydrogen-bond donors (Lipinski definition) is 1. The van der Waals surface area contributed by atoms with E-state index in [1.807, 2.05) is 26.0 Å². The second-order valence-corrected chi connectivity index (χ2v) is 3.93. The number of benzene rings is 1. The Morgan fingerprint density at radius 1 is 1.50 bits per heavy atom. The van der Waals surface area contributed by atoms with E-state index in [-0.39, 0.29) is 6.04 Å². The Hall–Kier alpha value is -1.17. The third kappa shape index (κ3) is 3.77. The minimum absolute atomic E-state index is 0.0917. The van der Waals surface area contributed by atoms with Crippen LogP contribution in [-0.4, -0.2) is 6.61 Å². The molecule has 86 valence electrons. The topological polar surface area (TPSA) is 35.2 Å². The van der Waals surface area contributed by atoms with Crippen molar-refractivity contribution >= 4 is 11.6 Å². The van der Waals surface area contributed by atoms with Crippen LogP contribution < -0.4 is 10.5 Å². The third-order valence-corrected chi connectivity index (χ3v) is 2.36. The normalized spacial score (nSPS) is 11.5. The fourth-order valence-corrected chi connectivity index (χ4v) is 1.52. The molecular formula is C13H16ClNO. The van der Waals surface area contributed by atoms with Crippen LogP contribution in [0.2, 0.25) is 5.02 Å². The van der Waals surface area contributed by atoms with Crippen LogP contribution in [0.3, 0.4) is 0 Å². The maximum atomic E-state index is 5.91. The molecule has 3 heteroatoms. The van der Waals surface area contributed by atoms with Gasteiger partial charge in [0.25, 0.3) is 0 Å². The Labute approximate surface area is 102 Å². The van der Waals surface area contributed by atoms with Crippen molar-refractivity contribution in [2.24, 2.45) is 5.73 Å². The highest BCUT2D eigenvalue weighted by Crippen LogP contribution is 2.27. The van der Waals surface area contributed by atoms with Gasteiger partial charge in [-0.05, 0) is 32.0 Å². The van der Waals surface area contributed by atoms with Gasteiger partial charge in [-0.1, -0.05) is 11.6 Å². The number of ether oxygens (including phenoxy) is 1. The standard InChI is InChI=1S/C13H16ClNO/c1-3-4-5-8-16-13-7-6-11(14)9-12(13)10(2)15/h6-7,9-10H,5,8,15H2,1-2H3/t10-/m1/s1. The molecule has 1 rings (SSSR count). The van der Waals surface area contributed by atoms with E-state index in [1.54, 1.807) is 6.07 Å². The van der Waals surface area contributed by atoms with Crippen LogP contribution in [0.25, 0.3) is 0 Å². The summed E-state index contributed by atoms with van der Waals surface area (Å²) in [5.74, 6) is 6.56. The molecule has 1 aromatic carbocycles. The van der Waals surface area contributed by atoms with Crippen LogP contribution in [-0.2, 0) is 0 Å². The Morgan fingerprint density at radius 2 is 2.25 bits per heavy atom. The van der Waals surface area contributed by atoms with Crippen molar-refractivity contribution in [3.05, 3.63) is 28.8 Å². The first-order valence-corrected chi connectivity index (χ1v) is 5.60. The molecule has 0 saturated carbocycles. The minimum atomic E-state index is -0.0917. The van der Waals surface area contributed by atoms with Crippen molar-refractivity contribution in [3.63, 3.8) is 0 Å². The van der Waals surface area contributed by atoms with Crippen LogP contribution >= 0.6 is 11.6 Å². The molecule has 0 amide bonds. The smallest absolute Gasteiger partial charge is 0.124 e. The lowest BCUT2D eigenvalue weighted by Gasteiger charge is -2.13. The first kappa shape index (κ1) is 12.9. The highest BCUT2D eigenvalue weighted by Gasteiger charge is 2.08. The quantitative estimate of drug-likeness (QED) is 0.645. The monoisotopic (exact) mass is 237 g/mol. The van der Waals surface area contributed by atoms with E-state index < -0.39 is 0 Å². The lowest BCUT2D eigenvalue weighted by molar-refractivity contribution is 0.322. The molecule has 0 fully saturated rings. The van der Waals surface area contributed by atoms with Crippen LogP contribution in [0.15, 0.2) is 18.2 Å². The lowest BCUT2D eigenvalue weighted by Crippen LogP contribution is -2.08. The average Bonchev–Trinajstić information content (AvgIpc) is 2.26. The zero-order chi connectivity index (χ0) is 12.0. The minimum Gasteiger partial charge on any atom is -0.492 e. The van der Waals surface area contributed by atoms with Gasteiger partial charge in [0.05, 0.1) is 6.61 Å². The average molecular weight is 238 g/mol. The number of halogens is 1. The number of nitrogens with two attached hydrogens (primary N) is 1. The molecular weight excluding hydrogens is 222 g/mol. The van der Waals surface area contributed by atoms with Crippen molar-refractivity contribution in [1.82, 2.24) is 0 Å². The summed E-state index contributed by atoms with van der Waals surface area (Å²) in [5, 5.41) is 0.674. The largest absolute Gasteiger partial charge is 0.492 e. The highest BCUT2D eigenvalue weighted by atomic mass is 35.5. The molecule has 0 spiro atoms. The molecule has 2 nitrogen and oxygen atoms in total.